The van der Waals surface area contributed by atoms with Crippen LogP contribution in [0.4, 0.5) is 5.69 Å². The molecule has 0 atom stereocenters. The van der Waals surface area contributed by atoms with E-state index in [1.807, 2.05) is 0 Å². The number of hydrogen-bond acceptors (Lipinski definition) is 4. The average molecular weight is 276 g/mol. The maximum Gasteiger partial charge on any atom is 0.337 e. The summed E-state index contributed by atoms with van der Waals surface area (Å²) in [6, 6.07) is 5.77. The molecular weight excluding hydrogens is 264 g/mol. The Kier molecular flexibility index (Phi) is 3.69. The molecule has 0 aliphatic rings. The van der Waals surface area contributed by atoms with Gasteiger partial charge in [-0.05, 0) is 12.1 Å². The van der Waals surface area contributed by atoms with Crippen LogP contribution in [0.1, 0.15) is 15.9 Å². The first-order chi connectivity index (χ1) is 9.51. The highest BCUT2D eigenvalue weighted by Gasteiger charge is 2.12. The van der Waals surface area contributed by atoms with Gasteiger partial charge in [0.1, 0.15) is 5.75 Å². The summed E-state index contributed by atoms with van der Waals surface area (Å²) in [5.74, 6) is -0.504. The molecule has 7 heteroatoms. The van der Waals surface area contributed by atoms with Crippen LogP contribution in [-0.2, 0) is 6.54 Å². The largest absolute Gasteiger partial charge is 0.496 e. The molecule has 0 aliphatic heterocycles. The van der Waals surface area contributed by atoms with E-state index in [4.69, 9.17) is 9.84 Å². The predicted molar refractivity (Wildman–Crippen MR) is 70.1 cm³/mol. The van der Waals surface area contributed by atoms with Gasteiger partial charge in [0.15, 0.2) is 0 Å². The number of carboxylic acids is 1. The lowest BCUT2D eigenvalue weighted by molar-refractivity contribution is -0.384. The molecule has 0 saturated carbocycles. The maximum absolute atomic E-state index is 10.8. The van der Waals surface area contributed by atoms with Crippen molar-refractivity contribution in [1.82, 2.24) is 4.57 Å². The van der Waals surface area contributed by atoms with Crippen molar-refractivity contribution in [2.24, 2.45) is 0 Å². The number of aromatic nitrogens is 1. The first-order valence-corrected chi connectivity index (χ1v) is 5.71. The molecule has 0 amide bonds. The Morgan fingerprint density at radius 1 is 1.45 bits per heavy atom. The molecule has 104 valence electrons. The zero-order valence-corrected chi connectivity index (χ0v) is 10.6. The van der Waals surface area contributed by atoms with Crippen LogP contribution in [0.3, 0.4) is 0 Å². The smallest absolute Gasteiger partial charge is 0.337 e. The van der Waals surface area contributed by atoms with E-state index in [0.29, 0.717) is 11.3 Å². The number of methoxy groups -OCH3 is 1. The van der Waals surface area contributed by atoms with E-state index < -0.39 is 10.9 Å². The number of hydrogen-bond donors (Lipinski definition) is 1. The fourth-order valence-electron chi connectivity index (χ4n) is 1.86. The summed E-state index contributed by atoms with van der Waals surface area (Å²) in [5.41, 5.74) is 0.732. The van der Waals surface area contributed by atoms with Gasteiger partial charge in [-0.2, -0.15) is 0 Å². The number of nitrogens with zero attached hydrogens (tertiary/aromatic N) is 2. The molecule has 7 nitrogen and oxygen atoms in total. The van der Waals surface area contributed by atoms with Gasteiger partial charge in [0.2, 0.25) is 0 Å². The van der Waals surface area contributed by atoms with Crippen molar-refractivity contribution < 1.29 is 19.6 Å². The number of nitro benzene ring substituents is 1. The molecule has 0 aliphatic carbocycles. The van der Waals surface area contributed by atoms with Gasteiger partial charge in [-0.15, -0.1) is 0 Å². The van der Waals surface area contributed by atoms with Gasteiger partial charge in [0, 0.05) is 30.1 Å². The Morgan fingerprint density at radius 2 is 2.20 bits per heavy atom. The summed E-state index contributed by atoms with van der Waals surface area (Å²) in [7, 11) is 1.48. The average Bonchev–Trinajstić information content (AvgIpc) is 2.87. The lowest BCUT2D eigenvalue weighted by Gasteiger charge is -2.09. The summed E-state index contributed by atoms with van der Waals surface area (Å²) in [6.07, 6.45) is 3.06. The van der Waals surface area contributed by atoms with E-state index in [9.17, 15) is 14.9 Å². The maximum atomic E-state index is 10.8. The molecule has 2 rings (SSSR count). The van der Waals surface area contributed by atoms with Gasteiger partial charge in [-0.25, -0.2) is 4.79 Å². The van der Waals surface area contributed by atoms with E-state index in [-0.39, 0.29) is 17.8 Å². The highest BCUT2D eigenvalue weighted by atomic mass is 16.6. The number of aromatic carboxylic acids is 1. The van der Waals surface area contributed by atoms with Crippen molar-refractivity contribution in [1.29, 1.82) is 0 Å². The van der Waals surface area contributed by atoms with Crippen molar-refractivity contribution >= 4 is 11.7 Å². The fraction of sp³-hybridized carbons (Fsp3) is 0.154. The van der Waals surface area contributed by atoms with E-state index in [1.54, 1.807) is 10.8 Å². The molecular formula is C13H12N2O5. The fourth-order valence-corrected chi connectivity index (χ4v) is 1.86. The first kappa shape index (κ1) is 13.6. The zero-order chi connectivity index (χ0) is 14.7. The van der Waals surface area contributed by atoms with E-state index in [1.165, 1.54) is 37.6 Å². The molecule has 0 spiro atoms. The van der Waals surface area contributed by atoms with Crippen LogP contribution in [-0.4, -0.2) is 27.7 Å². The van der Waals surface area contributed by atoms with Crippen molar-refractivity contribution in [3.8, 4) is 5.75 Å². The second-order valence-corrected chi connectivity index (χ2v) is 4.13. The van der Waals surface area contributed by atoms with E-state index in [2.05, 4.69) is 0 Å². The summed E-state index contributed by atoms with van der Waals surface area (Å²) in [5, 5.41) is 19.6. The SMILES string of the molecule is COc1ccc([N+](=O)[O-])cc1Cn1ccc(C(=O)O)c1. The van der Waals surface area contributed by atoms with Gasteiger partial charge in [0.25, 0.3) is 5.69 Å². The summed E-state index contributed by atoms with van der Waals surface area (Å²) < 4.78 is 6.78. The number of carboxylic acid groups (broad SMARTS) is 1. The van der Waals surface area contributed by atoms with Crippen LogP contribution in [0.5, 0.6) is 5.75 Å². The molecule has 2 aromatic rings. The first-order valence-electron chi connectivity index (χ1n) is 5.71. The van der Waals surface area contributed by atoms with Gasteiger partial charge >= 0.3 is 5.97 Å². The zero-order valence-electron chi connectivity index (χ0n) is 10.6. The second kappa shape index (κ2) is 5.43. The highest BCUT2D eigenvalue weighted by Crippen LogP contribution is 2.25. The molecule has 0 bridgehead atoms. The van der Waals surface area contributed by atoms with Crippen molar-refractivity contribution in [3.05, 3.63) is 57.9 Å². The highest BCUT2D eigenvalue weighted by molar-refractivity contribution is 5.87. The van der Waals surface area contributed by atoms with Crippen LogP contribution in [0, 0.1) is 10.1 Å². The summed E-state index contributed by atoms with van der Waals surface area (Å²) in [4.78, 5) is 21.1. The lowest BCUT2D eigenvalue weighted by Crippen LogP contribution is -2.01. The minimum absolute atomic E-state index is 0.0357. The van der Waals surface area contributed by atoms with Gasteiger partial charge in [-0.3, -0.25) is 10.1 Å². The third kappa shape index (κ3) is 2.77. The Balaban J connectivity index is 2.32. The van der Waals surface area contributed by atoms with Crippen LogP contribution < -0.4 is 4.74 Å². The molecule has 0 unspecified atom stereocenters. The third-order valence-corrected chi connectivity index (χ3v) is 2.83. The van der Waals surface area contributed by atoms with Gasteiger partial charge in [-0.1, -0.05) is 0 Å². The quantitative estimate of drug-likeness (QED) is 0.667. The minimum Gasteiger partial charge on any atom is -0.496 e. The Labute approximate surface area is 114 Å². The molecule has 0 saturated heterocycles. The predicted octanol–water partition coefficient (Wildman–Crippen LogP) is 2.15. The molecule has 0 radical (unpaired) electrons. The van der Waals surface area contributed by atoms with Crippen LogP contribution in [0.15, 0.2) is 36.7 Å². The monoisotopic (exact) mass is 276 g/mol. The number of ether oxygens (including phenoxy) is 1. The Hall–Kier alpha value is -2.83. The van der Waals surface area contributed by atoms with Crippen LogP contribution >= 0.6 is 0 Å². The van der Waals surface area contributed by atoms with Crippen LogP contribution in [0.2, 0.25) is 0 Å². The molecule has 20 heavy (non-hydrogen) atoms. The number of non-ortho nitro benzene ring substituents is 1. The second-order valence-electron chi connectivity index (χ2n) is 4.13. The van der Waals surface area contributed by atoms with Crippen molar-refractivity contribution in [3.63, 3.8) is 0 Å². The third-order valence-electron chi connectivity index (χ3n) is 2.83. The van der Waals surface area contributed by atoms with E-state index >= 15 is 0 Å². The Morgan fingerprint density at radius 3 is 2.75 bits per heavy atom. The normalized spacial score (nSPS) is 10.2. The number of rotatable bonds is 5. The van der Waals surface area contributed by atoms with Crippen molar-refractivity contribution in [2.45, 2.75) is 6.54 Å². The van der Waals surface area contributed by atoms with E-state index in [0.717, 1.165) is 0 Å². The van der Waals surface area contributed by atoms with Gasteiger partial charge in [0.05, 0.1) is 24.1 Å². The van der Waals surface area contributed by atoms with Gasteiger partial charge < -0.3 is 14.4 Å². The summed E-state index contributed by atoms with van der Waals surface area (Å²) in [6.45, 7) is 0.290. The van der Waals surface area contributed by atoms with Crippen molar-refractivity contribution in [2.75, 3.05) is 7.11 Å². The molecule has 0 fully saturated rings. The lowest BCUT2D eigenvalue weighted by atomic mass is 10.1. The number of nitro groups is 1. The molecule has 1 aromatic heterocycles. The Bertz CT molecular complexity index is 663. The molecule has 1 heterocycles. The number of carbonyl (C=O) groups is 1. The summed E-state index contributed by atoms with van der Waals surface area (Å²) >= 11 is 0. The standard InChI is InChI=1S/C13H12N2O5/c1-20-12-3-2-11(15(18)19)6-10(12)8-14-5-4-9(7-14)13(16)17/h2-7H,8H2,1H3,(H,16,17). The topological polar surface area (TPSA) is 94.6 Å². The minimum atomic E-state index is -1.02. The van der Waals surface area contributed by atoms with Crippen LogP contribution in [0.25, 0.3) is 0 Å². The number of benzene rings is 1. The molecule has 1 N–H and O–H groups in total. The molecule has 1 aromatic carbocycles.